The van der Waals surface area contributed by atoms with Crippen LogP contribution in [-0.4, -0.2) is 58.4 Å². The number of morpholine rings is 1. The van der Waals surface area contributed by atoms with Crippen molar-refractivity contribution in [3.05, 3.63) is 48.0 Å². The molecule has 34 heavy (non-hydrogen) atoms. The van der Waals surface area contributed by atoms with E-state index in [1.807, 2.05) is 11.8 Å². The highest BCUT2D eigenvalue weighted by Gasteiger charge is 2.23. The third kappa shape index (κ3) is 5.22. The Labute approximate surface area is 193 Å². The van der Waals surface area contributed by atoms with Crippen molar-refractivity contribution in [2.24, 2.45) is 0 Å². The second-order valence-electron chi connectivity index (χ2n) is 7.56. The lowest BCUT2D eigenvalue weighted by atomic mass is 10.0. The third-order valence-corrected chi connectivity index (χ3v) is 5.12. The minimum atomic E-state index is -2.95. The van der Waals surface area contributed by atoms with Crippen LogP contribution < -0.4 is 15.0 Å². The van der Waals surface area contributed by atoms with Crippen molar-refractivity contribution < 1.29 is 27.4 Å². The largest absolute Gasteiger partial charge is 0.435 e. The summed E-state index contributed by atoms with van der Waals surface area (Å²) < 4.78 is 49.1. The Bertz CT molecular complexity index is 1180. The van der Waals surface area contributed by atoms with E-state index in [1.165, 1.54) is 37.3 Å². The van der Waals surface area contributed by atoms with Crippen LogP contribution in [0.15, 0.2) is 36.5 Å². The highest BCUT2D eigenvalue weighted by Crippen LogP contribution is 2.29. The molecule has 9 nitrogen and oxygen atoms in total. The van der Waals surface area contributed by atoms with Crippen molar-refractivity contribution >= 4 is 23.4 Å². The number of ketones is 1. The number of carbonyl (C=O) groups excluding carboxylic acids is 1. The Morgan fingerprint density at radius 3 is 2.71 bits per heavy atom. The molecule has 2 aromatic heterocycles. The van der Waals surface area contributed by atoms with Crippen LogP contribution in [-0.2, 0) is 4.74 Å². The maximum atomic E-state index is 14.5. The minimum Gasteiger partial charge on any atom is -0.435 e. The van der Waals surface area contributed by atoms with Crippen LogP contribution in [0.5, 0.6) is 5.75 Å². The van der Waals surface area contributed by atoms with Crippen LogP contribution >= 0.6 is 0 Å². The van der Waals surface area contributed by atoms with Crippen LogP contribution in [0.25, 0.3) is 11.1 Å². The van der Waals surface area contributed by atoms with Crippen molar-refractivity contribution in [2.75, 3.05) is 30.0 Å². The van der Waals surface area contributed by atoms with E-state index in [4.69, 9.17) is 4.74 Å². The van der Waals surface area contributed by atoms with E-state index in [0.29, 0.717) is 36.8 Å². The van der Waals surface area contributed by atoms with E-state index in [1.54, 1.807) is 0 Å². The maximum Gasteiger partial charge on any atom is 0.387 e. The zero-order valence-corrected chi connectivity index (χ0v) is 18.3. The predicted octanol–water partition coefficient (Wildman–Crippen LogP) is 3.85. The van der Waals surface area contributed by atoms with Gasteiger partial charge in [-0.2, -0.15) is 13.8 Å². The number of benzene rings is 1. The molecule has 12 heteroatoms. The molecule has 0 spiro atoms. The topological polar surface area (TPSA) is 102 Å². The van der Waals surface area contributed by atoms with Gasteiger partial charge in [0.25, 0.3) is 0 Å². The van der Waals surface area contributed by atoms with Crippen molar-refractivity contribution in [1.29, 1.82) is 0 Å². The Balaban J connectivity index is 1.64. The fourth-order valence-electron chi connectivity index (χ4n) is 3.48. The molecule has 1 aromatic carbocycles. The zero-order valence-electron chi connectivity index (χ0n) is 18.3. The minimum absolute atomic E-state index is 0.0188. The van der Waals surface area contributed by atoms with Crippen LogP contribution in [0.4, 0.5) is 30.8 Å². The molecule has 1 saturated heterocycles. The maximum absolute atomic E-state index is 14.5. The Kier molecular flexibility index (Phi) is 6.87. The lowest BCUT2D eigenvalue weighted by Crippen LogP contribution is -2.44. The van der Waals surface area contributed by atoms with Crippen molar-refractivity contribution in [3.63, 3.8) is 0 Å². The van der Waals surface area contributed by atoms with Crippen molar-refractivity contribution in [3.8, 4) is 16.9 Å². The average Bonchev–Trinajstić information content (AvgIpc) is 2.81. The number of nitrogens with one attached hydrogen (secondary N) is 1. The number of carbonyl (C=O) groups is 1. The second kappa shape index (κ2) is 10.00. The van der Waals surface area contributed by atoms with Gasteiger partial charge >= 0.3 is 6.61 Å². The van der Waals surface area contributed by atoms with E-state index < -0.39 is 12.4 Å². The van der Waals surface area contributed by atoms with E-state index in [0.717, 1.165) is 6.20 Å². The summed E-state index contributed by atoms with van der Waals surface area (Å²) in [5.41, 5.74) is 0.958. The van der Waals surface area contributed by atoms with Gasteiger partial charge in [0.2, 0.25) is 5.95 Å². The van der Waals surface area contributed by atoms with E-state index in [2.05, 4.69) is 30.2 Å². The highest BCUT2D eigenvalue weighted by atomic mass is 19.3. The molecule has 0 radical (unpaired) electrons. The first-order valence-corrected chi connectivity index (χ1v) is 10.4. The third-order valence-electron chi connectivity index (χ3n) is 5.12. The molecule has 1 atom stereocenters. The molecular weight excluding hydrogens is 453 g/mol. The van der Waals surface area contributed by atoms with Gasteiger partial charge in [-0.05, 0) is 30.7 Å². The molecule has 178 valence electrons. The monoisotopic (exact) mass is 474 g/mol. The van der Waals surface area contributed by atoms with Crippen LogP contribution in [0.3, 0.4) is 0 Å². The predicted molar refractivity (Wildman–Crippen MR) is 117 cm³/mol. The van der Waals surface area contributed by atoms with Crippen molar-refractivity contribution in [2.45, 2.75) is 26.5 Å². The van der Waals surface area contributed by atoms with Gasteiger partial charge in [-0.15, -0.1) is 10.2 Å². The molecule has 0 aliphatic carbocycles. The fourth-order valence-corrected chi connectivity index (χ4v) is 3.48. The summed E-state index contributed by atoms with van der Waals surface area (Å²) in [6.45, 7) is 1.91. The molecule has 1 fully saturated rings. The van der Waals surface area contributed by atoms with Gasteiger partial charge in [0.1, 0.15) is 11.4 Å². The van der Waals surface area contributed by atoms with E-state index >= 15 is 0 Å². The number of aromatic nitrogens is 4. The molecule has 3 heterocycles. The van der Waals surface area contributed by atoms with Gasteiger partial charge in [0, 0.05) is 19.0 Å². The number of anilines is 3. The average molecular weight is 474 g/mol. The van der Waals surface area contributed by atoms with E-state index in [-0.39, 0.29) is 34.9 Å². The summed E-state index contributed by atoms with van der Waals surface area (Å²) in [5, 5.41) is 10.7. The first kappa shape index (κ1) is 23.4. The lowest BCUT2D eigenvalue weighted by Gasteiger charge is -2.33. The van der Waals surface area contributed by atoms with E-state index in [9.17, 15) is 18.0 Å². The molecule has 1 aliphatic heterocycles. The highest BCUT2D eigenvalue weighted by molar-refractivity contribution is 5.99. The van der Waals surface area contributed by atoms with Gasteiger partial charge < -0.3 is 19.7 Å². The number of Topliss-reactive ketones (excluding diaryl/α,β-unsaturated/α-hetero) is 1. The Morgan fingerprint density at radius 1 is 1.26 bits per heavy atom. The summed E-state index contributed by atoms with van der Waals surface area (Å²) in [4.78, 5) is 22.4. The molecule has 1 N–H and O–H groups in total. The van der Waals surface area contributed by atoms with Crippen LogP contribution in [0.1, 0.15) is 24.3 Å². The zero-order chi connectivity index (χ0) is 24.2. The summed E-state index contributed by atoms with van der Waals surface area (Å²) in [7, 11) is 0. The summed E-state index contributed by atoms with van der Waals surface area (Å²) in [6, 6.07) is 7.23. The molecule has 4 rings (SSSR count). The Hall–Kier alpha value is -3.80. The molecule has 3 aromatic rings. The molecule has 0 bridgehead atoms. The molecule has 1 aliphatic rings. The molecule has 0 saturated carbocycles. The lowest BCUT2D eigenvalue weighted by molar-refractivity contribution is -0.0498. The van der Waals surface area contributed by atoms with Gasteiger partial charge in [-0.1, -0.05) is 12.1 Å². The fraction of sp³-hybridized carbons (Fsp3) is 0.318. The van der Waals surface area contributed by atoms with Gasteiger partial charge in [0.15, 0.2) is 23.2 Å². The molecular formula is C22H21F3N6O3. The van der Waals surface area contributed by atoms with Gasteiger partial charge in [-0.25, -0.2) is 9.37 Å². The number of rotatable bonds is 7. The number of hydrogen-bond acceptors (Lipinski definition) is 9. The van der Waals surface area contributed by atoms with Gasteiger partial charge in [0.05, 0.1) is 25.5 Å². The first-order valence-electron chi connectivity index (χ1n) is 10.4. The second-order valence-corrected chi connectivity index (χ2v) is 7.56. The molecule has 0 amide bonds. The quantitative estimate of drug-likeness (QED) is 0.512. The number of halogens is 3. The number of nitrogens with zero attached hydrogens (tertiary/aromatic N) is 5. The normalized spacial score (nSPS) is 15.9. The van der Waals surface area contributed by atoms with Crippen molar-refractivity contribution in [1.82, 2.24) is 20.2 Å². The smallest absolute Gasteiger partial charge is 0.387 e. The van der Waals surface area contributed by atoms with Gasteiger partial charge in [-0.3, -0.25) is 4.79 Å². The SMILES string of the molecule is CC(=O)c1nnc(Nc2nc(N3CCOCC3C)ncc2F)cc1-c1ccc(OC(F)F)cc1. The first-order chi connectivity index (χ1) is 16.3. The van der Waals surface area contributed by atoms with Crippen LogP contribution in [0, 0.1) is 5.82 Å². The molecule has 1 unspecified atom stereocenters. The summed E-state index contributed by atoms with van der Waals surface area (Å²) >= 11 is 0. The number of ether oxygens (including phenoxy) is 2. The summed E-state index contributed by atoms with van der Waals surface area (Å²) in [6.07, 6.45) is 1.06. The number of hydrogen-bond donors (Lipinski definition) is 1. The standard InChI is InChI=1S/C22H21F3N6O3/c1-12-11-33-8-7-31(12)22-26-10-17(23)20(28-22)27-18-9-16(19(13(2)32)30-29-18)14-3-5-15(6-4-14)34-21(24)25/h3-6,9-10,12,21H,7-8,11H2,1-2H3,(H,26,27,28,29). The number of alkyl halides is 2. The summed E-state index contributed by atoms with van der Waals surface area (Å²) in [5.74, 6) is -0.720. The van der Waals surface area contributed by atoms with Crippen LogP contribution in [0.2, 0.25) is 0 Å². The Morgan fingerprint density at radius 2 is 2.03 bits per heavy atom.